The van der Waals surface area contributed by atoms with E-state index in [-0.39, 0.29) is 27.2 Å². The molecular weight excluding hydrogens is 458 g/mol. The van der Waals surface area contributed by atoms with Crippen molar-refractivity contribution >= 4 is 31.2 Å². The molecule has 3 aromatic rings. The zero-order valence-corrected chi connectivity index (χ0v) is 19.8. The number of ketones is 1. The lowest BCUT2D eigenvalue weighted by Crippen LogP contribution is -2.15. The fourth-order valence-corrected chi connectivity index (χ4v) is 6.96. The van der Waals surface area contributed by atoms with Gasteiger partial charge in [-0.25, -0.2) is 20.8 Å². The molecule has 1 unspecified atom stereocenters. The van der Waals surface area contributed by atoms with Crippen molar-refractivity contribution in [1.82, 2.24) is 3.97 Å². The first-order valence-electron chi connectivity index (χ1n) is 10.7. The Labute approximate surface area is 194 Å². The molecule has 0 amide bonds. The molecule has 0 N–H and O–H groups in total. The summed E-state index contributed by atoms with van der Waals surface area (Å²) in [6.45, 7) is 1.78. The average Bonchev–Trinajstić information content (AvgIpc) is 3.48. The molecule has 1 aliphatic carbocycles. The number of aromatic nitrogens is 1. The number of nitrogens with zero attached hydrogens (tertiary/aromatic N) is 1. The van der Waals surface area contributed by atoms with Gasteiger partial charge in [0, 0.05) is 24.7 Å². The third-order valence-electron chi connectivity index (χ3n) is 6.07. The maximum absolute atomic E-state index is 13.2. The number of carbonyl (C=O) groups is 1. The number of hydrogen-bond donors (Lipinski definition) is 0. The highest BCUT2D eigenvalue weighted by Gasteiger charge is 2.30. The standard InChI is InChI=1S/C25H25NO5S2/c1-19(23-13-8-14-25(23)27)24(18-32(28,29)21-9-4-2-5-10-21)20-15-16-26(17-20)33(30,31)22-11-6-3-7-12-22/h2-7,9-12,15-17,23H,8,13-14,18H2,1H3/b24-19+. The van der Waals surface area contributed by atoms with Gasteiger partial charge in [0.2, 0.25) is 0 Å². The van der Waals surface area contributed by atoms with E-state index in [4.69, 9.17) is 0 Å². The van der Waals surface area contributed by atoms with Crippen molar-refractivity contribution in [2.75, 3.05) is 5.75 Å². The third kappa shape index (κ3) is 4.72. The second-order valence-corrected chi connectivity index (χ2v) is 12.0. The van der Waals surface area contributed by atoms with Crippen LogP contribution in [0.1, 0.15) is 31.7 Å². The van der Waals surface area contributed by atoms with Crippen molar-refractivity contribution in [2.24, 2.45) is 5.92 Å². The smallest absolute Gasteiger partial charge is 0.267 e. The molecule has 0 spiro atoms. The Hall–Kier alpha value is -2.97. The van der Waals surface area contributed by atoms with Crippen molar-refractivity contribution in [3.63, 3.8) is 0 Å². The summed E-state index contributed by atoms with van der Waals surface area (Å²) in [7, 11) is -7.53. The van der Waals surface area contributed by atoms with Gasteiger partial charge >= 0.3 is 0 Å². The van der Waals surface area contributed by atoms with Crippen molar-refractivity contribution in [2.45, 2.75) is 36.0 Å². The number of sulfone groups is 1. The Morgan fingerprint density at radius 2 is 1.52 bits per heavy atom. The molecule has 1 aromatic heterocycles. The molecule has 1 aliphatic rings. The molecule has 33 heavy (non-hydrogen) atoms. The van der Waals surface area contributed by atoms with Crippen molar-refractivity contribution < 1.29 is 21.6 Å². The molecule has 0 saturated heterocycles. The van der Waals surface area contributed by atoms with Crippen molar-refractivity contribution in [1.29, 1.82) is 0 Å². The van der Waals surface area contributed by atoms with Crippen LogP contribution in [0.25, 0.3) is 5.57 Å². The number of hydrogen-bond acceptors (Lipinski definition) is 5. The third-order valence-corrected chi connectivity index (χ3v) is 9.38. The molecule has 1 atom stereocenters. The largest absolute Gasteiger partial charge is 0.299 e. The minimum atomic E-state index is -3.83. The number of Topliss-reactive ketones (excluding diaryl/α,β-unsaturated/α-hetero) is 1. The van der Waals surface area contributed by atoms with Crippen LogP contribution in [-0.2, 0) is 24.7 Å². The van der Waals surface area contributed by atoms with Crippen molar-refractivity contribution in [3.8, 4) is 0 Å². The zero-order valence-electron chi connectivity index (χ0n) is 18.2. The van der Waals surface area contributed by atoms with Crippen molar-refractivity contribution in [3.05, 3.63) is 90.3 Å². The monoisotopic (exact) mass is 483 g/mol. The molecule has 172 valence electrons. The molecule has 1 saturated carbocycles. The average molecular weight is 484 g/mol. The maximum Gasteiger partial charge on any atom is 0.267 e. The van der Waals surface area contributed by atoms with Crippen LogP contribution in [0.2, 0.25) is 0 Å². The molecule has 1 fully saturated rings. The molecule has 4 rings (SSSR count). The lowest BCUT2D eigenvalue weighted by atomic mass is 9.91. The lowest BCUT2D eigenvalue weighted by molar-refractivity contribution is -0.119. The predicted molar refractivity (Wildman–Crippen MR) is 127 cm³/mol. The number of benzene rings is 2. The first-order valence-corrected chi connectivity index (χ1v) is 13.8. The van der Waals surface area contributed by atoms with E-state index in [0.717, 1.165) is 10.4 Å². The fourth-order valence-electron chi connectivity index (χ4n) is 4.23. The summed E-state index contributed by atoms with van der Waals surface area (Å²) in [5, 5.41) is 0. The summed E-state index contributed by atoms with van der Waals surface area (Å²) in [4.78, 5) is 12.8. The fraction of sp³-hybridized carbons (Fsp3) is 0.240. The lowest BCUT2D eigenvalue weighted by Gasteiger charge is -2.16. The summed E-state index contributed by atoms with van der Waals surface area (Å²) < 4.78 is 53.5. The highest BCUT2D eigenvalue weighted by molar-refractivity contribution is 7.92. The highest BCUT2D eigenvalue weighted by atomic mass is 32.2. The van der Waals surface area contributed by atoms with Gasteiger partial charge in [0.05, 0.1) is 15.5 Å². The minimum Gasteiger partial charge on any atom is -0.299 e. The first-order chi connectivity index (χ1) is 15.7. The molecule has 1 heterocycles. The minimum absolute atomic E-state index is 0.0958. The van der Waals surface area contributed by atoms with Crippen LogP contribution >= 0.6 is 0 Å². The second kappa shape index (κ2) is 9.11. The van der Waals surface area contributed by atoms with Gasteiger partial charge in [0.25, 0.3) is 10.0 Å². The zero-order chi connectivity index (χ0) is 23.6. The normalized spacial score (nSPS) is 17.7. The molecule has 8 heteroatoms. The summed E-state index contributed by atoms with van der Waals surface area (Å²) in [5.74, 6) is -0.569. The first kappa shape index (κ1) is 23.2. The second-order valence-electron chi connectivity index (χ2n) is 8.19. The van der Waals surface area contributed by atoms with Crippen LogP contribution in [0.5, 0.6) is 0 Å². The Morgan fingerprint density at radius 1 is 0.909 bits per heavy atom. The van der Waals surface area contributed by atoms with Crippen LogP contribution < -0.4 is 0 Å². The van der Waals surface area contributed by atoms with Gasteiger partial charge in [-0.2, -0.15) is 0 Å². The SMILES string of the molecule is C/C(=C(/CS(=O)(=O)c1ccccc1)c1ccn(S(=O)(=O)c2ccccc2)c1)C1CCCC1=O. The van der Waals surface area contributed by atoms with E-state index in [0.29, 0.717) is 29.6 Å². The van der Waals surface area contributed by atoms with E-state index in [9.17, 15) is 21.6 Å². The summed E-state index contributed by atoms with van der Waals surface area (Å²) in [6.07, 6.45) is 4.76. The molecular formula is C25H25NO5S2. The van der Waals surface area contributed by atoms with Gasteiger partial charge in [-0.15, -0.1) is 0 Å². The van der Waals surface area contributed by atoms with Crippen LogP contribution in [0.15, 0.2) is 94.5 Å². The Morgan fingerprint density at radius 3 is 2.09 bits per heavy atom. The van der Waals surface area contributed by atoms with E-state index in [1.54, 1.807) is 49.4 Å². The van der Waals surface area contributed by atoms with Crippen LogP contribution in [0.4, 0.5) is 0 Å². The predicted octanol–water partition coefficient (Wildman–Crippen LogP) is 4.34. The Bertz CT molecular complexity index is 1400. The summed E-state index contributed by atoms with van der Waals surface area (Å²) >= 11 is 0. The van der Waals surface area contributed by atoms with Gasteiger partial charge in [-0.05, 0) is 61.2 Å². The highest BCUT2D eigenvalue weighted by Crippen LogP contribution is 2.35. The Kier molecular flexibility index (Phi) is 6.41. The van der Waals surface area contributed by atoms with E-state index in [1.165, 1.54) is 36.7 Å². The number of carbonyl (C=O) groups excluding carboxylic acids is 1. The molecule has 0 radical (unpaired) electrons. The quantitative estimate of drug-likeness (QED) is 0.499. The van der Waals surface area contributed by atoms with Crippen LogP contribution in [0.3, 0.4) is 0 Å². The number of rotatable bonds is 7. The van der Waals surface area contributed by atoms with Gasteiger partial charge in [-0.3, -0.25) is 4.79 Å². The molecule has 0 aliphatic heterocycles. The van der Waals surface area contributed by atoms with Gasteiger partial charge in [0.15, 0.2) is 9.84 Å². The van der Waals surface area contributed by atoms with Gasteiger partial charge in [-0.1, -0.05) is 42.0 Å². The summed E-state index contributed by atoms with van der Waals surface area (Å²) in [5.41, 5.74) is 1.64. The maximum atomic E-state index is 13.2. The van der Waals surface area contributed by atoms with Gasteiger partial charge in [0.1, 0.15) is 5.78 Å². The molecule has 6 nitrogen and oxygen atoms in total. The van der Waals surface area contributed by atoms with E-state index in [1.807, 2.05) is 0 Å². The van der Waals surface area contributed by atoms with E-state index in [2.05, 4.69) is 0 Å². The number of allylic oxidation sites excluding steroid dienone is 1. The van der Waals surface area contributed by atoms with Crippen LogP contribution in [0, 0.1) is 5.92 Å². The van der Waals surface area contributed by atoms with Crippen LogP contribution in [-0.4, -0.2) is 32.3 Å². The van der Waals surface area contributed by atoms with E-state index >= 15 is 0 Å². The molecule has 0 bridgehead atoms. The molecule has 2 aromatic carbocycles. The van der Waals surface area contributed by atoms with E-state index < -0.39 is 19.9 Å². The summed E-state index contributed by atoms with van der Waals surface area (Å²) in [6, 6.07) is 17.8. The Balaban J connectivity index is 1.79. The van der Waals surface area contributed by atoms with Gasteiger partial charge < -0.3 is 0 Å². The topological polar surface area (TPSA) is 90.3 Å².